The van der Waals surface area contributed by atoms with E-state index in [1.807, 2.05) is 36.4 Å². The smallest absolute Gasteiger partial charge is 0.134 e. The van der Waals surface area contributed by atoms with Gasteiger partial charge in [0.05, 0.1) is 0 Å². The summed E-state index contributed by atoms with van der Waals surface area (Å²) in [6.45, 7) is 2.05. The SMILES string of the molecule is Cc1ccc2oc(C(O)CCc3ccccc3)cc2c1. The molecule has 0 spiro atoms. The number of furan rings is 1. The van der Waals surface area contributed by atoms with Gasteiger partial charge in [-0.25, -0.2) is 0 Å². The van der Waals surface area contributed by atoms with E-state index in [0.717, 1.165) is 17.4 Å². The lowest BCUT2D eigenvalue weighted by Gasteiger charge is -2.07. The molecule has 1 heterocycles. The molecule has 3 rings (SSSR count). The van der Waals surface area contributed by atoms with Gasteiger partial charge in [0.2, 0.25) is 0 Å². The number of fused-ring (bicyclic) bond motifs is 1. The summed E-state index contributed by atoms with van der Waals surface area (Å²) in [6.07, 6.45) is 0.962. The van der Waals surface area contributed by atoms with Crippen molar-refractivity contribution in [3.05, 3.63) is 71.5 Å². The third-order valence-electron chi connectivity index (χ3n) is 3.57. The van der Waals surface area contributed by atoms with E-state index >= 15 is 0 Å². The zero-order chi connectivity index (χ0) is 13.9. The first kappa shape index (κ1) is 12.9. The maximum absolute atomic E-state index is 10.3. The van der Waals surface area contributed by atoms with Gasteiger partial charge in [-0.2, -0.15) is 0 Å². The first-order valence-electron chi connectivity index (χ1n) is 6.94. The van der Waals surface area contributed by atoms with E-state index in [0.29, 0.717) is 12.2 Å². The Labute approximate surface area is 118 Å². The Kier molecular flexibility index (Phi) is 3.57. The van der Waals surface area contributed by atoms with Crippen LogP contribution < -0.4 is 0 Å². The van der Waals surface area contributed by atoms with Gasteiger partial charge in [0.25, 0.3) is 0 Å². The lowest BCUT2D eigenvalue weighted by molar-refractivity contribution is 0.143. The molecule has 0 amide bonds. The number of aryl methyl sites for hydroxylation is 2. The van der Waals surface area contributed by atoms with Crippen LogP contribution in [-0.4, -0.2) is 5.11 Å². The van der Waals surface area contributed by atoms with Gasteiger partial charge in [-0.15, -0.1) is 0 Å². The van der Waals surface area contributed by atoms with Crippen LogP contribution in [0.4, 0.5) is 0 Å². The summed E-state index contributed by atoms with van der Waals surface area (Å²) in [4.78, 5) is 0. The molecule has 1 aromatic heterocycles. The van der Waals surface area contributed by atoms with Gasteiger partial charge in [-0.3, -0.25) is 0 Å². The van der Waals surface area contributed by atoms with Crippen LogP contribution in [0.2, 0.25) is 0 Å². The number of hydrogen-bond donors (Lipinski definition) is 1. The number of hydrogen-bond acceptors (Lipinski definition) is 2. The fourth-order valence-corrected chi connectivity index (χ4v) is 2.44. The summed E-state index contributed by atoms with van der Waals surface area (Å²) in [5.41, 5.74) is 3.27. The van der Waals surface area contributed by atoms with Gasteiger partial charge in [0.15, 0.2) is 0 Å². The molecule has 102 valence electrons. The van der Waals surface area contributed by atoms with Crippen LogP contribution in [0.5, 0.6) is 0 Å². The molecular formula is C18H18O2. The highest BCUT2D eigenvalue weighted by Gasteiger charge is 2.13. The van der Waals surface area contributed by atoms with E-state index < -0.39 is 6.10 Å². The summed E-state index contributed by atoms with van der Waals surface area (Å²) in [6, 6.07) is 18.2. The Hall–Kier alpha value is -2.06. The predicted octanol–water partition coefficient (Wildman–Crippen LogP) is 4.41. The van der Waals surface area contributed by atoms with E-state index in [2.05, 4.69) is 25.1 Å². The minimum absolute atomic E-state index is 0.553. The number of aliphatic hydroxyl groups excluding tert-OH is 1. The largest absolute Gasteiger partial charge is 0.458 e. The van der Waals surface area contributed by atoms with E-state index in [-0.39, 0.29) is 0 Å². The van der Waals surface area contributed by atoms with Crippen molar-refractivity contribution in [2.75, 3.05) is 0 Å². The molecule has 20 heavy (non-hydrogen) atoms. The van der Waals surface area contributed by atoms with Crippen molar-refractivity contribution in [3.63, 3.8) is 0 Å². The van der Waals surface area contributed by atoms with Crippen LogP contribution in [0, 0.1) is 6.92 Å². The highest BCUT2D eigenvalue weighted by atomic mass is 16.4. The maximum Gasteiger partial charge on any atom is 0.134 e. The molecule has 1 atom stereocenters. The molecular weight excluding hydrogens is 248 g/mol. The lowest BCUT2D eigenvalue weighted by Crippen LogP contribution is -1.97. The van der Waals surface area contributed by atoms with Gasteiger partial charge < -0.3 is 9.52 Å². The molecule has 0 bridgehead atoms. The normalized spacial score (nSPS) is 12.7. The molecule has 2 nitrogen and oxygen atoms in total. The summed E-state index contributed by atoms with van der Waals surface area (Å²) in [7, 11) is 0. The maximum atomic E-state index is 10.3. The molecule has 0 saturated heterocycles. The topological polar surface area (TPSA) is 33.4 Å². The first-order chi connectivity index (χ1) is 9.72. The predicted molar refractivity (Wildman–Crippen MR) is 80.7 cm³/mol. The molecule has 2 heteroatoms. The molecule has 0 aliphatic carbocycles. The second kappa shape index (κ2) is 5.51. The van der Waals surface area contributed by atoms with Crippen LogP contribution in [0.15, 0.2) is 59.0 Å². The Morgan fingerprint density at radius 2 is 1.85 bits per heavy atom. The third-order valence-corrected chi connectivity index (χ3v) is 3.57. The molecule has 1 N–H and O–H groups in total. The summed E-state index contributed by atoms with van der Waals surface area (Å²) >= 11 is 0. The monoisotopic (exact) mass is 266 g/mol. The zero-order valence-electron chi connectivity index (χ0n) is 11.5. The minimum atomic E-state index is -0.553. The van der Waals surface area contributed by atoms with Crippen molar-refractivity contribution in [2.45, 2.75) is 25.9 Å². The van der Waals surface area contributed by atoms with Crippen LogP contribution >= 0.6 is 0 Å². The van der Waals surface area contributed by atoms with Gasteiger partial charge >= 0.3 is 0 Å². The van der Waals surface area contributed by atoms with Crippen LogP contribution in [0.1, 0.15) is 29.4 Å². The molecule has 1 unspecified atom stereocenters. The molecule has 0 aliphatic heterocycles. The van der Waals surface area contributed by atoms with E-state index in [1.165, 1.54) is 11.1 Å². The third kappa shape index (κ3) is 2.75. The highest BCUT2D eigenvalue weighted by Crippen LogP contribution is 2.27. The van der Waals surface area contributed by atoms with Crippen molar-refractivity contribution in [3.8, 4) is 0 Å². The summed E-state index contributed by atoms with van der Waals surface area (Å²) < 4.78 is 5.72. The van der Waals surface area contributed by atoms with Crippen LogP contribution in [0.25, 0.3) is 11.0 Å². The van der Waals surface area contributed by atoms with Crippen LogP contribution in [0.3, 0.4) is 0 Å². The van der Waals surface area contributed by atoms with Gasteiger partial charge in [-0.05, 0) is 43.5 Å². The number of rotatable bonds is 4. The van der Waals surface area contributed by atoms with Crippen molar-refractivity contribution >= 4 is 11.0 Å². The molecule has 0 aliphatic rings. The van der Waals surface area contributed by atoms with Gasteiger partial charge in [0.1, 0.15) is 17.4 Å². The molecule has 0 radical (unpaired) electrons. The average Bonchev–Trinajstić information content (AvgIpc) is 2.89. The standard InChI is InChI=1S/C18H18O2/c1-13-7-10-17-15(11-13)12-18(20-17)16(19)9-8-14-5-3-2-4-6-14/h2-7,10-12,16,19H,8-9H2,1H3. The Morgan fingerprint density at radius 3 is 2.65 bits per heavy atom. The Bertz CT molecular complexity index is 698. The van der Waals surface area contributed by atoms with Gasteiger partial charge in [0, 0.05) is 5.39 Å². The molecule has 2 aromatic carbocycles. The zero-order valence-corrected chi connectivity index (χ0v) is 11.5. The van der Waals surface area contributed by atoms with Crippen molar-refractivity contribution in [1.29, 1.82) is 0 Å². The highest BCUT2D eigenvalue weighted by molar-refractivity contribution is 5.78. The average molecular weight is 266 g/mol. The number of benzene rings is 2. The second-order valence-electron chi connectivity index (χ2n) is 5.23. The van der Waals surface area contributed by atoms with Crippen molar-refractivity contribution in [2.24, 2.45) is 0 Å². The molecule has 3 aromatic rings. The summed E-state index contributed by atoms with van der Waals surface area (Å²) in [5.74, 6) is 0.654. The Balaban J connectivity index is 1.73. The van der Waals surface area contributed by atoms with E-state index in [1.54, 1.807) is 0 Å². The summed E-state index contributed by atoms with van der Waals surface area (Å²) in [5, 5.41) is 11.3. The van der Waals surface area contributed by atoms with Crippen molar-refractivity contribution in [1.82, 2.24) is 0 Å². The fourth-order valence-electron chi connectivity index (χ4n) is 2.44. The number of aliphatic hydroxyl groups is 1. The first-order valence-corrected chi connectivity index (χ1v) is 6.94. The molecule has 0 fully saturated rings. The van der Waals surface area contributed by atoms with E-state index in [4.69, 9.17) is 4.42 Å². The minimum Gasteiger partial charge on any atom is -0.458 e. The van der Waals surface area contributed by atoms with Gasteiger partial charge in [-0.1, -0.05) is 42.0 Å². The quantitative estimate of drug-likeness (QED) is 0.759. The second-order valence-corrected chi connectivity index (χ2v) is 5.23. The van der Waals surface area contributed by atoms with Crippen molar-refractivity contribution < 1.29 is 9.52 Å². The van der Waals surface area contributed by atoms with E-state index in [9.17, 15) is 5.11 Å². The van der Waals surface area contributed by atoms with Crippen LogP contribution in [-0.2, 0) is 6.42 Å². The lowest BCUT2D eigenvalue weighted by atomic mass is 10.1. The fraction of sp³-hybridized carbons (Fsp3) is 0.222. The Morgan fingerprint density at radius 1 is 1.05 bits per heavy atom. The molecule has 0 saturated carbocycles.